The van der Waals surface area contributed by atoms with Crippen molar-refractivity contribution in [1.82, 2.24) is 25.2 Å². The quantitative estimate of drug-likeness (QED) is 0.369. The molecule has 3 saturated carbocycles. The summed E-state index contributed by atoms with van der Waals surface area (Å²) >= 11 is 0. The highest BCUT2D eigenvalue weighted by Crippen LogP contribution is 2.45. The standard InChI is InChI=1S/C35H43N5O8S/c1-2-24-19-35(24,33(43)39-49(45,46)26-12-13-26)38-30(41)28-18-25-20-40(28)32(42)29(23-8-6-9-23)37-34(44)47-16-5-3-4-7-21-10-11-22-14-15-36-31(48-25)27(22)17-21/h2,10-11,14-15,17,23-26,28-29H,1,3-9,12-13,16,18-20H2,(H,37,44)(H,38,41)(H,39,43)/t24-,25-,28+,29+,35-/m1/s1. The topological polar surface area (TPSA) is 173 Å². The summed E-state index contributed by atoms with van der Waals surface area (Å²) in [6.45, 7) is 4.03. The predicted octanol–water partition coefficient (Wildman–Crippen LogP) is 2.87. The average Bonchev–Trinajstić information content (AvgIpc) is 3.98. The lowest BCUT2D eigenvalue weighted by atomic mass is 9.79. The van der Waals surface area contributed by atoms with Crippen LogP contribution in [0.4, 0.5) is 4.79 Å². The van der Waals surface area contributed by atoms with E-state index in [9.17, 15) is 27.6 Å². The molecule has 1 aromatic heterocycles. The second-order valence-electron chi connectivity index (χ2n) is 14.1. The van der Waals surface area contributed by atoms with Crippen molar-refractivity contribution in [3.05, 3.63) is 48.7 Å². The van der Waals surface area contributed by atoms with Gasteiger partial charge in [-0.25, -0.2) is 18.2 Å². The largest absolute Gasteiger partial charge is 0.472 e. The van der Waals surface area contributed by atoms with E-state index in [4.69, 9.17) is 9.47 Å². The number of hydrogen-bond donors (Lipinski definition) is 3. The SMILES string of the molecule is C=C[C@@H]1C[C@]1(NC(=O)[C@@H]1C[C@@H]2CN1C(=O)[C@H](C1CCC1)NC(=O)OCCCCCc1ccc3ccnc(c3c1)O2)C(=O)NS(=O)(=O)C1CC1. The van der Waals surface area contributed by atoms with Crippen LogP contribution >= 0.6 is 0 Å². The van der Waals surface area contributed by atoms with E-state index in [1.54, 1.807) is 6.20 Å². The zero-order valence-corrected chi connectivity index (χ0v) is 28.2. The Bertz CT molecular complexity index is 1780. The highest BCUT2D eigenvalue weighted by Gasteiger charge is 2.62. The van der Waals surface area contributed by atoms with Gasteiger partial charge >= 0.3 is 6.09 Å². The number of benzene rings is 1. The molecule has 49 heavy (non-hydrogen) atoms. The third kappa shape index (κ3) is 6.84. The van der Waals surface area contributed by atoms with E-state index in [1.807, 2.05) is 12.1 Å². The van der Waals surface area contributed by atoms with E-state index in [2.05, 4.69) is 39.1 Å². The second kappa shape index (κ2) is 13.3. The number of sulfonamides is 1. The van der Waals surface area contributed by atoms with Gasteiger partial charge in [-0.15, -0.1) is 6.58 Å². The van der Waals surface area contributed by atoms with E-state index in [0.29, 0.717) is 25.1 Å². The molecule has 7 rings (SSSR count). The Morgan fingerprint density at radius 2 is 1.90 bits per heavy atom. The van der Waals surface area contributed by atoms with Crippen molar-refractivity contribution in [2.75, 3.05) is 13.2 Å². The van der Waals surface area contributed by atoms with Gasteiger partial charge in [-0.05, 0) is 86.8 Å². The molecule has 0 spiro atoms. The van der Waals surface area contributed by atoms with Gasteiger partial charge in [0.25, 0.3) is 5.91 Å². The monoisotopic (exact) mass is 693 g/mol. The van der Waals surface area contributed by atoms with Gasteiger partial charge in [-0.2, -0.15) is 0 Å². The van der Waals surface area contributed by atoms with Crippen LogP contribution in [0.3, 0.4) is 0 Å². The van der Waals surface area contributed by atoms with Crippen molar-refractivity contribution in [3.8, 4) is 5.88 Å². The third-order valence-corrected chi connectivity index (χ3v) is 12.5. The van der Waals surface area contributed by atoms with E-state index >= 15 is 0 Å². The first-order valence-corrected chi connectivity index (χ1v) is 18.9. The summed E-state index contributed by atoms with van der Waals surface area (Å²) in [4.78, 5) is 60.8. The number of nitrogens with one attached hydrogen (secondary N) is 3. The smallest absolute Gasteiger partial charge is 0.407 e. The molecular formula is C35H43N5O8S. The fourth-order valence-corrected chi connectivity index (χ4v) is 8.63. The minimum Gasteiger partial charge on any atom is -0.472 e. The Hall–Kier alpha value is -4.20. The summed E-state index contributed by atoms with van der Waals surface area (Å²) < 4.78 is 39.4. The second-order valence-corrected chi connectivity index (χ2v) is 16.1. The van der Waals surface area contributed by atoms with Gasteiger partial charge in [0.15, 0.2) is 0 Å². The maximum atomic E-state index is 14.4. The van der Waals surface area contributed by atoms with Crippen LogP contribution in [0.25, 0.3) is 10.8 Å². The Kier molecular flexibility index (Phi) is 9.01. The molecule has 1 saturated heterocycles. The van der Waals surface area contributed by atoms with Crippen molar-refractivity contribution < 1.29 is 37.1 Å². The number of hydrogen-bond acceptors (Lipinski definition) is 9. The average molecular weight is 694 g/mol. The normalized spacial score (nSPS) is 29.4. The molecule has 1 aromatic carbocycles. The fourth-order valence-electron chi connectivity index (χ4n) is 7.26. The van der Waals surface area contributed by atoms with E-state index in [-0.39, 0.29) is 31.9 Å². The van der Waals surface area contributed by atoms with Crippen LogP contribution in [0.2, 0.25) is 0 Å². The fraction of sp³-hybridized carbons (Fsp3) is 0.571. The van der Waals surface area contributed by atoms with Crippen molar-refractivity contribution in [1.29, 1.82) is 0 Å². The number of pyridine rings is 1. The van der Waals surface area contributed by atoms with Crippen LogP contribution in [-0.2, 0) is 35.6 Å². The first kappa shape index (κ1) is 33.3. The zero-order valence-electron chi connectivity index (χ0n) is 27.4. The van der Waals surface area contributed by atoms with E-state index in [0.717, 1.165) is 54.9 Å². The number of carbonyl (C=O) groups excluding carboxylic acids is 4. The van der Waals surface area contributed by atoms with Gasteiger partial charge in [0.2, 0.25) is 27.7 Å². The molecule has 2 aromatic rings. The first-order valence-electron chi connectivity index (χ1n) is 17.4. The van der Waals surface area contributed by atoms with Crippen LogP contribution < -0.4 is 20.1 Å². The first-order chi connectivity index (χ1) is 23.6. The van der Waals surface area contributed by atoms with E-state index in [1.165, 1.54) is 11.0 Å². The number of aromatic nitrogens is 1. The van der Waals surface area contributed by atoms with Gasteiger partial charge in [0.05, 0.1) is 18.4 Å². The number of alkyl carbamates (subject to hydrolysis) is 1. The Labute approximate surface area is 285 Å². The molecule has 3 aliphatic carbocycles. The van der Waals surface area contributed by atoms with Crippen LogP contribution in [0.15, 0.2) is 43.1 Å². The van der Waals surface area contributed by atoms with Crippen molar-refractivity contribution in [2.24, 2.45) is 11.8 Å². The minimum atomic E-state index is -3.87. The molecule has 5 atom stereocenters. The van der Waals surface area contributed by atoms with Gasteiger partial charge < -0.3 is 25.0 Å². The molecule has 5 aliphatic rings. The lowest BCUT2D eigenvalue weighted by molar-refractivity contribution is -0.142. The lowest BCUT2D eigenvalue weighted by Crippen LogP contribution is -2.59. The molecule has 3 N–H and O–H groups in total. The number of aryl methyl sites for hydroxylation is 1. The molecule has 4 fully saturated rings. The Balaban J connectivity index is 1.19. The maximum absolute atomic E-state index is 14.4. The number of cyclic esters (lactones) is 1. The molecule has 13 nitrogen and oxygen atoms in total. The van der Waals surface area contributed by atoms with E-state index < -0.39 is 68.7 Å². The summed E-state index contributed by atoms with van der Waals surface area (Å²) in [7, 11) is -3.87. The van der Waals surface area contributed by atoms with Gasteiger partial charge in [-0.3, -0.25) is 19.1 Å². The maximum Gasteiger partial charge on any atom is 0.407 e. The number of amides is 4. The zero-order chi connectivity index (χ0) is 34.3. The molecule has 3 heterocycles. The van der Waals surface area contributed by atoms with Gasteiger partial charge in [-0.1, -0.05) is 24.6 Å². The number of fused-ring (bicyclic) bond motifs is 3. The lowest BCUT2D eigenvalue weighted by Gasteiger charge is -2.36. The summed E-state index contributed by atoms with van der Waals surface area (Å²) in [6.07, 6.45) is 8.76. The van der Waals surface area contributed by atoms with Crippen molar-refractivity contribution in [3.63, 3.8) is 0 Å². The number of ether oxygens (including phenoxy) is 2. The molecule has 0 unspecified atom stereocenters. The summed E-state index contributed by atoms with van der Waals surface area (Å²) in [5, 5.41) is 6.76. The van der Waals surface area contributed by atoms with Crippen LogP contribution in [0, 0.1) is 11.8 Å². The van der Waals surface area contributed by atoms with Gasteiger partial charge in [0, 0.05) is 23.9 Å². The number of nitrogens with zero attached hydrogens (tertiary/aromatic N) is 2. The number of rotatable bonds is 7. The molecule has 4 amide bonds. The van der Waals surface area contributed by atoms with Crippen molar-refractivity contribution >= 4 is 44.6 Å². The molecule has 262 valence electrons. The molecule has 14 heteroatoms. The highest BCUT2D eigenvalue weighted by atomic mass is 32.2. The Morgan fingerprint density at radius 3 is 2.61 bits per heavy atom. The van der Waals surface area contributed by atoms with Crippen LogP contribution in [-0.4, -0.2) is 84.2 Å². The summed E-state index contributed by atoms with van der Waals surface area (Å²) in [5.74, 6) is -2.08. The molecular weight excluding hydrogens is 650 g/mol. The number of carbonyl (C=O) groups is 4. The third-order valence-electron chi connectivity index (χ3n) is 10.7. The highest BCUT2D eigenvalue weighted by molar-refractivity contribution is 7.91. The minimum absolute atomic E-state index is 0.0365. The van der Waals surface area contributed by atoms with Crippen molar-refractivity contribution in [2.45, 2.75) is 99.6 Å². The summed E-state index contributed by atoms with van der Waals surface area (Å²) in [6, 6.07) is 6.08. The van der Waals surface area contributed by atoms with Crippen LogP contribution in [0.1, 0.15) is 69.8 Å². The molecule has 2 aliphatic heterocycles. The summed E-state index contributed by atoms with van der Waals surface area (Å²) in [5.41, 5.74) is -0.397. The predicted molar refractivity (Wildman–Crippen MR) is 179 cm³/mol. The van der Waals surface area contributed by atoms with Gasteiger partial charge in [0.1, 0.15) is 23.7 Å². The molecule has 0 radical (unpaired) electrons. The Morgan fingerprint density at radius 1 is 1.08 bits per heavy atom. The molecule has 4 bridgehead atoms. The van der Waals surface area contributed by atoms with Crippen LogP contribution in [0.5, 0.6) is 5.88 Å².